The number of pyridine rings is 1. The average molecular weight is 159 g/mol. The Kier molecular flexibility index (Phi) is 1.76. The fraction of sp³-hybridized carbons (Fsp3) is 0.100. The Bertz CT molecular complexity index is 396. The molecule has 0 aliphatic carbocycles. The van der Waals surface area contributed by atoms with Gasteiger partial charge < -0.3 is 5.73 Å². The first kappa shape index (κ1) is 7.25. The van der Waals surface area contributed by atoms with Gasteiger partial charge in [-0.3, -0.25) is 4.98 Å². The van der Waals surface area contributed by atoms with Crippen LogP contribution in [-0.4, -0.2) is 4.98 Å². The maximum Gasteiger partial charge on any atom is 0.101 e. The summed E-state index contributed by atoms with van der Waals surface area (Å²) < 4.78 is 0. The fourth-order valence-corrected chi connectivity index (χ4v) is 1.25. The van der Waals surface area contributed by atoms with E-state index >= 15 is 0 Å². The second kappa shape index (κ2) is 2.91. The minimum Gasteiger partial charge on any atom is -0.354 e. The Labute approximate surface area is 71.0 Å². The Morgan fingerprint density at radius 1 is 1.25 bits per heavy atom. The molecular weight excluding hydrogens is 148 g/mol. The van der Waals surface area contributed by atoms with E-state index in [0.717, 1.165) is 12.1 Å². The summed E-state index contributed by atoms with van der Waals surface area (Å²) in [5.74, 6) is 0. The van der Waals surface area contributed by atoms with Gasteiger partial charge in [-0.2, -0.15) is 0 Å². The molecule has 0 bridgehead atoms. The van der Waals surface area contributed by atoms with E-state index in [1.807, 2.05) is 24.4 Å². The van der Waals surface area contributed by atoms with Crippen molar-refractivity contribution in [1.82, 2.24) is 4.98 Å². The SMILES string of the molecule is [NH3+]Cc1cnc2ccccc2c1. The van der Waals surface area contributed by atoms with Gasteiger partial charge in [0.15, 0.2) is 0 Å². The van der Waals surface area contributed by atoms with Gasteiger partial charge in [-0.15, -0.1) is 0 Å². The Morgan fingerprint density at radius 2 is 2.08 bits per heavy atom. The van der Waals surface area contributed by atoms with Gasteiger partial charge in [0.2, 0.25) is 0 Å². The minimum atomic E-state index is 0.803. The number of rotatable bonds is 1. The number of nitrogens with zero attached hydrogens (tertiary/aromatic N) is 1. The van der Waals surface area contributed by atoms with E-state index in [0.29, 0.717) is 0 Å². The van der Waals surface area contributed by atoms with Gasteiger partial charge in [-0.25, -0.2) is 0 Å². The number of quaternary nitrogens is 1. The van der Waals surface area contributed by atoms with E-state index in [2.05, 4.69) is 22.9 Å². The summed E-state index contributed by atoms with van der Waals surface area (Å²) in [6.45, 7) is 0.803. The fourth-order valence-electron chi connectivity index (χ4n) is 1.25. The van der Waals surface area contributed by atoms with Crippen molar-refractivity contribution in [2.45, 2.75) is 6.54 Å². The largest absolute Gasteiger partial charge is 0.354 e. The number of benzene rings is 1. The maximum absolute atomic E-state index is 4.31. The number of aromatic nitrogens is 1. The lowest BCUT2D eigenvalue weighted by molar-refractivity contribution is -0.386. The molecular formula is C10H11N2+. The molecule has 1 aromatic heterocycles. The number of hydrogen-bond acceptors (Lipinski definition) is 1. The summed E-state index contributed by atoms with van der Waals surface area (Å²) in [5, 5.41) is 1.19. The lowest BCUT2D eigenvalue weighted by Crippen LogP contribution is -2.47. The van der Waals surface area contributed by atoms with E-state index in [9.17, 15) is 0 Å². The molecule has 0 aliphatic heterocycles. The summed E-state index contributed by atoms with van der Waals surface area (Å²) in [6, 6.07) is 10.2. The second-order valence-corrected chi connectivity index (χ2v) is 2.79. The van der Waals surface area contributed by atoms with Crippen LogP contribution < -0.4 is 5.73 Å². The molecule has 3 N–H and O–H groups in total. The van der Waals surface area contributed by atoms with Crippen molar-refractivity contribution in [3.63, 3.8) is 0 Å². The average Bonchev–Trinajstić information content (AvgIpc) is 2.17. The highest BCUT2D eigenvalue weighted by atomic mass is 14.7. The minimum absolute atomic E-state index is 0.803. The highest BCUT2D eigenvalue weighted by Crippen LogP contribution is 2.11. The molecule has 1 aromatic carbocycles. The smallest absolute Gasteiger partial charge is 0.101 e. The van der Waals surface area contributed by atoms with Crippen LogP contribution >= 0.6 is 0 Å². The summed E-state index contributed by atoms with van der Waals surface area (Å²) in [5.41, 5.74) is 6.06. The third-order valence-corrected chi connectivity index (χ3v) is 1.94. The van der Waals surface area contributed by atoms with Crippen LogP contribution in [0, 0.1) is 0 Å². The zero-order valence-electron chi connectivity index (χ0n) is 6.83. The molecule has 0 aliphatic rings. The normalized spacial score (nSPS) is 10.4. The molecule has 0 saturated carbocycles. The predicted molar refractivity (Wildman–Crippen MR) is 48.3 cm³/mol. The van der Waals surface area contributed by atoms with Crippen LogP contribution in [0.25, 0.3) is 10.9 Å². The Balaban J connectivity index is 2.67. The predicted octanol–water partition coefficient (Wildman–Crippen LogP) is 0.977. The molecule has 2 heteroatoms. The van der Waals surface area contributed by atoms with Crippen molar-refractivity contribution in [3.05, 3.63) is 42.1 Å². The number of para-hydroxylation sites is 1. The monoisotopic (exact) mass is 159 g/mol. The molecule has 2 nitrogen and oxygen atoms in total. The van der Waals surface area contributed by atoms with Crippen LogP contribution in [0.1, 0.15) is 5.56 Å². The zero-order chi connectivity index (χ0) is 8.39. The van der Waals surface area contributed by atoms with Crippen molar-refractivity contribution >= 4 is 10.9 Å². The van der Waals surface area contributed by atoms with Crippen LogP contribution in [0.15, 0.2) is 36.5 Å². The van der Waals surface area contributed by atoms with Gasteiger partial charge in [0.05, 0.1) is 5.52 Å². The molecule has 0 unspecified atom stereocenters. The van der Waals surface area contributed by atoms with Crippen LogP contribution in [0.5, 0.6) is 0 Å². The molecule has 0 saturated heterocycles. The Hall–Kier alpha value is -1.41. The molecule has 2 aromatic rings. The molecule has 0 radical (unpaired) electrons. The zero-order valence-corrected chi connectivity index (χ0v) is 6.83. The molecule has 12 heavy (non-hydrogen) atoms. The quantitative estimate of drug-likeness (QED) is 0.662. The van der Waals surface area contributed by atoms with Crippen molar-refractivity contribution in [2.75, 3.05) is 0 Å². The van der Waals surface area contributed by atoms with Gasteiger partial charge in [-0.1, -0.05) is 18.2 Å². The van der Waals surface area contributed by atoms with Gasteiger partial charge in [0, 0.05) is 17.1 Å². The van der Waals surface area contributed by atoms with Crippen molar-refractivity contribution < 1.29 is 5.73 Å². The lowest BCUT2D eigenvalue weighted by atomic mass is 10.2. The molecule has 1 heterocycles. The van der Waals surface area contributed by atoms with Crippen LogP contribution in [0.3, 0.4) is 0 Å². The number of fused-ring (bicyclic) bond motifs is 1. The number of hydrogen-bond donors (Lipinski definition) is 1. The van der Waals surface area contributed by atoms with Gasteiger partial charge in [0.1, 0.15) is 6.54 Å². The van der Waals surface area contributed by atoms with E-state index in [1.54, 1.807) is 0 Å². The Morgan fingerprint density at radius 3 is 2.92 bits per heavy atom. The molecule has 0 amide bonds. The summed E-state index contributed by atoms with van der Waals surface area (Å²) >= 11 is 0. The second-order valence-electron chi connectivity index (χ2n) is 2.79. The van der Waals surface area contributed by atoms with E-state index < -0.39 is 0 Å². The highest BCUT2D eigenvalue weighted by molar-refractivity contribution is 5.78. The third-order valence-electron chi connectivity index (χ3n) is 1.94. The van der Waals surface area contributed by atoms with Gasteiger partial charge in [-0.05, 0) is 12.1 Å². The van der Waals surface area contributed by atoms with Crippen LogP contribution in [0.2, 0.25) is 0 Å². The summed E-state index contributed by atoms with van der Waals surface area (Å²) in [6.07, 6.45) is 1.88. The standard InChI is InChI=1S/C10H10N2/c11-6-8-5-9-3-1-2-4-10(9)12-7-8/h1-5,7H,6,11H2/p+1. The van der Waals surface area contributed by atoms with Crippen molar-refractivity contribution in [2.24, 2.45) is 0 Å². The van der Waals surface area contributed by atoms with Crippen LogP contribution in [0.4, 0.5) is 0 Å². The topological polar surface area (TPSA) is 40.5 Å². The summed E-state index contributed by atoms with van der Waals surface area (Å²) in [7, 11) is 0. The van der Waals surface area contributed by atoms with E-state index in [1.165, 1.54) is 10.9 Å². The molecule has 2 rings (SSSR count). The van der Waals surface area contributed by atoms with E-state index in [-0.39, 0.29) is 0 Å². The molecule has 60 valence electrons. The maximum atomic E-state index is 4.31. The first-order chi connectivity index (χ1) is 5.90. The molecule has 0 atom stereocenters. The molecule has 0 fully saturated rings. The van der Waals surface area contributed by atoms with E-state index in [4.69, 9.17) is 0 Å². The van der Waals surface area contributed by atoms with Crippen molar-refractivity contribution in [3.8, 4) is 0 Å². The molecule has 0 spiro atoms. The summed E-state index contributed by atoms with van der Waals surface area (Å²) in [4.78, 5) is 4.31. The first-order valence-electron chi connectivity index (χ1n) is 4.03. The highest BCUT2D eigenvalue weighted by Gasteiger charge is 1.95. The van der Waals surface area contributed by atoms with Crippen LogP contribution in [-0.2, 0) is 6.54 Å². The van der Waals surface area contributed by atoms with Gasteiger partial charge in [0.25, 0.3) is 0 Å². The van der Waals surface area contributed by atoms with Gasteiger partial charge >= 0.3 is 0 Å². The first-order valence-corrected chi connectivity index (χ1v) is 4.03. The third kappa shape index (κ3) is 1.17. The lowest BCUT2D eigenvalue weighted by Gasteiger charge is -1.97. The van der Waals surface area contributed by atoms with Crippen molar-refractivity contribution in [1.29, 1.82) is 0 Å².